The second-order valence-electron chi connectivity index (χ2n) is 2.59. The van der Waals surface area contributed by atoms with Gasteiger partial charge in [-0.2, -0.15) is 4.98 Å². The Balaban J connectivity index is 2.57. The summed E-state index contributed by atoms with van der Waals surface area (Å²) >= 11 is 17.3. The molecule has 0 unspecified atom stereocenters. The molecule has 0 radical (unpaired) electrons. The first kappa shape index (κ1) is 12.8. The highest BCUT2D eigenvalue weighted by Crippen LogP contribution is 2.30. The highest BCUT2D eigenvalue weighted by molar-refractivity contribution is 6.42. The van der Waals surface area contributed by atoms with Gasteiger partial charge in [0, 0.05) is 6.61 Å². The second-order valence-corrected chi connectivity index (χ2v) is 3.77. The molecular weight excluding hydrogens is 260 g/mol. The lowest BCUT2D eigenvalue weighted by molar-refractivity contribution is 0.108. The van der Waals surface area contributed by atoms with Gasteiger partial charge in [0.1, 0.15) is 11.6 Å². The Morgan fingerprint density at radius 3 is 2.60 bits per heavy atom. The molecule has 0 aliphatic carbocycles. The van der Waals surface area contributed by atoms with Crippen molar-refractivity contribution in [1.29, 1.82) is 0 Å². The fraction of sp³-hybridized carbons (Fsp3) is 0.444. The molecule has 15 heavy (non-hydrogen) atoms. The first-order valence-corrected chi connectivity index (χ1v) is 5.50. The van der Waals surface area contributed by atoms with Crippen molar-refractivity contribution >= 4 is 34.8 Å². The second kappa shape index (κ2) is 6.38. The number of aromatic nitrogens is 1. The minimum absolute atomic E-state index is 0.174. The van der Waals surface area contributed by atoms with Gasteiger partial charge in [-0.25, -0.2) is 0 Å². The molecule has 84 valence electrons. The molecule has 0 aliphatic rings. The van der Waals surface area contributed by atoms with Gasteiger partial charge >= 0.3 is 0 Å². The zero-order valence-corrected chi connectivity index (χ0v) is 10.4. The number of nitrogens with zero attached hydrogens (tertiary/aromatic N) is 1. The molecule has 0 fully saturated rings. The van der Waals surface area contributed by atoms with E-state index in [1.165, 1.54) is 6.07 Å². The Bertz CT molecular complexity index is 333. The van der Waals surface area contributed by atoms with Crippen molar-refractivity contribution < 1.29 is 9.47 Å². The smallest absolute Gasteiger partial charge is 0.234 e. The van der Waals surface area contributed by atoms with Gasteiger partial charge in [0.05, 0.1) is 11.6 Å². The summed E-state index contributed by atoms with van der Waals surface area (Å²) < 4.78 is 10.4. The third kappa shape index (κ3) is 4.03. The van der Waals surface area contributed by atoms with Crippen molar-refractivity contribution in [3.8, 4) is 5.88 Å². The van der Waals surface area contributed by atoms with Gasteiger partial charge in [0.25, 0.3) is 0 Å². The van der Waals surface area contributed by atoms with Crippen LogP contribution in [0.2, 0.25) is 15.2 Å². The van der Waals surface area contributed by atoms with E-state index in [1.807, 2.05) is 6.92 Å². The van der Waals surface area contributed by atoms with Crippen molar-refractivity contribution in [2.45, 2.75) is 6.92 Å². The lowest BCUT2D eigenvalue weighted by Crippen LogP contribution is -2.07. The first-order chi connectivity index (χ1) is 7.15. The molecule has 1 heterocycles. The molecule has 6 heteroatoms. The van der Waals surface area contributed by atoms with Gasteiger partial charge in [-0.3, -0.25) is 0 Å². The Morgan fingerprint density at radius 1 is 1.20 bits per heavy atom. The predicted molar refractivity (Wildman–Crippen MR) is 61.3 cm³/mol. The minimum Gasteiger partial charge on any atom is -0.474 e. The number of ether oxygens (including phenoxy) is 2. The van der Waals surface area contributed by atoms with Crippen LogP contribution in [0, 0.1) is 0 Å². The van der Waals surface area contributed by atoms with Gasteiger partial charge in [0.2, 0.25) is 5.88 Å². The Labute approximate surface area is 103 Å². The summed E-state index contributed by atoms with van der Waals surface area (Å²) in [7, 11) is 0. The van der Waals surface area contributed by atoms with Crippen LogP contribution in [0.15, 0.2) is 6.07 Å². The van der Waals surface area contributed by atoms with E-state index in [1.54, 1.807) is 0 Å². The van der Waals surface area contributed by atoms with Crippen molar-refractivity contribution in [3.05, 3.63) is 21.3 Å². The third-order valence-electron chi connectivity index (χ3n) is 1.53. The lowest BCUT2D eigenvalue weighted by Gasteiger charge is -2.07. The van der Waals surface area contributed by atoms with E-state index >= 15 is 0 Å². The molecule has 0 atom stereocenters. The summed E-state index contributed by atoms with van der Waals surface area (Å²) in [5, 5.41) is 0.812. The maximum atomic E-state index is 5.84. The summed E-state index contributed by atoms with van der Waals surface area (Å²) in [6.07, 6.45) is 0. The average molecular weight is 271 g/mol. The van der Waals surface area contributed by atoms with Crippen molar-refractivity contribution in [1.82, 2.24) is 4.98 Å². The van der Waals surface area contributed by atoms with Crippen LogP contribution in [0.5, 0.6) is 5.88 Å². The van der Waals surface area contributed by atoms with Crippen LogP contribution in [-0.2, 0) is 4.74 Å². The standard InChI is InChI=1S/C9H10Cl3NO2/c1-2-14-3-4-15-9-7(11)5-6(10)8(12)13-9/h5H,2-4H2,1H3. The maximum Gasteiger partial charge on any atom is 0.234 e. The molecule has 0 amide bonds. The topological polar surface area (TPSA) is 31.4 Å². The zero-order valence-electron chi connectivity index (χ0n) is 8.10. The minimum atomic E-state index is 0.174. The summed E-state index contributed by atoms with van der Waals surface area (Å²) in [6.45, 7) is 3.41. The highest BCUT2D eigenvalue weighted by Gasteiger charge is 2.08. The van der Waals surface area contributed by atoms with Gasteiger partial charge in [-0.1, -0.05) is 34.8 Å². The molecule has 0 spiro atoms. The van der Waals surface area contributed by atoms with Crippen LogP contribution in [0.3, 0.4) is 0 Å². The summed E-state index contributed by atoms with van der Waals surface area (Å²) in [4.78, 5) is 3.89. The van der Waals surface area contributed by atoms with Crippen LogP contribution in [0.4, 0.5) is 0 Å². The van der Waals surface area contributed by atoms with Crippen LogP contribution >= 0.6 is 34.8 Å². The predicted octanol–water partition coefficient (Wildman–Crippen LogP) is 3.46. The number of hydrogen-bond acceptors (Lipinski definition) is 3. The number of pyridine rings is 1. The van der Waals surface area contributed by atoms with Gasteiger partial charge in [0.15, 0.2) is 5.15 Å². The molecule has 0 bridgehead atoms. The van der Waals surface area contributed by atoms with E-state index in [2.05, 4.69) is 4.98 Å². The fourth-order valence-electron chi connectivity index (χ4n) is 0.871. The molecule has 1 rings (SSSR count). The fourth-order valence-corrected chi connectivity index (χ4v) is 1.42. The first-order valence-electron chi connectivity index (χ1n) is 4.37. The molecule has 0 aliphatic heterocycles. The van der Waals surface area contributed by atoms with Crippen LogP contribution in [-0.4, -0.2) is 24.8 Å². The van der Waals surface area contributed by atoms with Crippen molar-refractivity contribution in [3.63, 3.8) is 0 Å². The average Bonchev–Trinajstić information content (AvgIpc) is 2.20. The maximum absolute atomic E-state index is 5.84. The SMILES string of the molecule is CCOCCOc1nc(Cl)c(Cl)cc1Cl. The van der Waals surface area contributed by atoms with Gasteiger partial charge in [-0.15, -0.1) is 0 Å². The molecule has 1 aromatic heterocycles. The van der Waals surface area contributed by atoms with Crippen LogP contribution < -0.4 is 4.74 Å². The number of halogens is 3. The quantitative estimate of drug-likeness (QED) is 0.606. The molecule has 3 nitrogen and oxygen atoms in total. The van der Waals surface area contributed by atoms with Crippen molar-refractivity contribution in [2.24, 2.45) is 0 Å². The Morgan fingerprint density at radius 2 is 1.93 bits per heavy atom. The lowest BCUT2D eigenvalue weighted by atomic mass is 10.5. The molecule has 0 N–H and O–H groups in total. The molecular formula is C9H10Cl3NO2. The Hall–Kier alpha value is -0.220. The van der Waals surface area contributed by atoms with Gasteiger partial charge < -0.3 is 9.47 Å². The molecule has 0 saturated carbocycles. The molecule has 0 aromatic carbocycles. The number of rotatable bonds is 5. The van der Waals surface area contributed by atoms with Crippen LogP contribution in [0.1, 0.15) is 6.92 Å². The van der Waals surface area contributed by atoms with Gasteiger partial charge in [-0.05, 0) is 13.0 Å². The third-order valence-corrected chi connectivity index (χ3v) is 2.47. The number of hydrogen-bond donors (Lipinski definition) is 0. The zero-order chi connectivity index (χ0) is 11.3. The summed E-state index contributed by atoms with van der Waals surface area (Å²) in [5.41, 5.74) is 0. The summed E-state index contributed by atoms with van der Waals surface area (Å²) in [5.74, 6) is 0.269. The van der Waals surface area contributed by atoms with E-state index in [4.69, 9.17) is 44.3 Å². The highest BCUT2D eigenvalue weighted by atomic mass is 35.5. The van der Waals surface area contributed by atoms with E-state index < -0.39 is 0 Å². The largest absolute Gasteiger partial charge is 0.474 e. The van der Waals surface area contributed by atoms with E-state index in [9.17, 15) is 0 Å². The van der Waals surface area contributed by atoms with E-state index in [-0.39, 0.29) is 11.0 Å². The van der Waals surface area contributed by atoms with E-state index in [0.29, 0.717) is 29.9 Å². The van der Waals surface area contributed by atoms with E-state index in [0.717, 1.165) is 0 Å². The normalized spacial score (nSPS) is 10.4. The Kier molecular flexibility index (Phi) is 5.47. The van der Waals surface area contributed by atoms with Crippen LogP contribution in [0.25, 0.3) is 0 Å². The molecule has 1 aromatic rings. The summed E-state index contributed by atoms with van der Waals surface area (Å²) in [6, 6.07) is 1.49. The molecule has 0 saturated heterocycles. The monoisotopic (exact) mass is 269 g/mol. The van der Waals surface area contributed by atoms with Crippen molar-refractivity contribution in [2.75, 3.05) is 19.8 Å².